The lowest BCUT2D eigenvalue weighted by Crippen LogP contribution is -2.44. The summed E-state index contributed by atoms with van der Waals surface area (Å²) in [5.41, 5.74) is 7.45. The van der Waals surface area contributed by atoms with Crippen LogP contribution in [0.15, 0.2) is 126 Å². The average Bonchev–Trinajstić information content (AvgIpc) is 3.10. The third kappa shape index (κ3) is 10.4. The summed E-state index contributed by atoms with van der Waals surface area (Å²) in [6.45, 7) is 11.6. The van der Waals surface area contributed by atoms with Crippen molar-refractivity contribution in [2.45, 2.75) is 83.3 Å². The standard InChI is InChI=1S/C42H49NO6S/c1-6-7-11-24-38(39(44)25-26-48-30-36-20-14-9-15-21-36)42(45)49-40(37-22-16-10-17-23-37)34(5)43(29-35-18-12-8-13-19-35)50(46,47)41-32(3)27-31(2)28-33(41)4/h7-10,12-23,27-28,34,38-40,44H,1,11,24-26,29-30H2,2-5H3/t34-,38+,39+,40-/m0/s1. The van der Waals surface area contributed by atoms with Gasteiger partial charge in [0.25, 0.3) is 0 Å². The van der Waals surface area contributed by atoms with Gasteiger partial charge < -0.3 is 14.6 Å². The van der Waals surface area contributed by atoms with Crippen LogP contribution in [0.5, 0.6) is 0 Å². The van der Waals surface area contributed by atoms with Crippen LogP contribution in [0.25, 0.3) is 0 Å². The number of hydrogen-bond donors (Lipinski definition) is 1. The highest BCUT2D eigenvalue weighted by atomic mass is 32.2. The summed E-state index contributed by atoms with van der Waals surface area (Å²) >= 11 is 0. The third-order valence-corrected chi connectivity index (χ3v) is 11.1. The molecule has 1 N–H and O–H groups in total. The van der Waals surface area contributed by atoms with Crippen molar-refractivity contribution < 1.29 is 27.8 Å². The van der Waals surface area contributed by atoms with Crippen LogP contribution in [0.1, 0.15) is 65.7 Å². The summed E-state index contributed by atoms with van der Waals surface area (Å²) in [6, 6.07) is 31.2. The molecule has 0 heterocycles. The van der Waals surface area contributed by atoms with Crippen LogP contribution < -0.4 is 0 Å². The number of aryl methyl sites for hydroxylation is 3. The number of carbonyl (C=O) groups excluding carboxylic acids is 1. The largest absolute Gasteiger partial charge is 0.455 e. The molecular weight excluding hydrogens is 647 g/mol. The van der Waals surface area contributed by atoms with E-state index < -0.39 is 40.2 Å². The van der Waals surface area contributed by atoms with E-state index in [9.17, 15) is 18.3 Å². The molecule has 4 aromatic rings. The van der Waals surface area contributed by atoms with Gasteiger partial charge in [0.1, 0.15) is 6.10 Å². The number of hydrogen-bond acceptors (Lipinski definition) is 6. The number of sulfonamides is 1. The van der Waals surface area contributed by atoms with Crippen molar-refractivity contribution in [3.8, 4) is 0 Å². The first-order valence-electron chi connectivity index (χ1n) is 17.1. The Bertz CT molecular complexity index is 1800. The van der Waals surface area contributed by atoms with Crippen LogP contribution in [0.4, 0.5) is 0 Å². The van der Waals surface area contributed by atoms with Crippen molar-refractivity contribution in [1.82, 2.24) is 4.31 Å². The Morgan fingerprint density at radius 3 is 2.02 bits per heavy atom. The van der Waals surface area contributed by atoms with Crippen molar-refractivity contribution >= 4 is 16.0 Å². The number of rotatable bonds is 18. The van der Waals surface area contributed by atoms with Crippen molar-refractivity contribution in [3.05, 3.63) is 155 Å². The molecule has 0 saturated carbocycles. The van der Waals surface area contributed by atoms with Crippen molar-refractivity contribution in [1.29, 1.82) is 0 Å². The second-order valence-corrected chi connectivity index (χ2v) is 14.6. The summed E-state index contributed by atoms with van der Waals surface area (Å²) in [7, 11) is -4.10. The van der Waals surface area contributed by atoms with Gasteiger partial charge >= 0.3 is 5.97 Å². The number of ether oxygens (including phenoxy) is 2. The maximum atomic E-state index is 14.7. The first kappa shape index (κ1) is 38.5. The lowest BCUT2D eigenvalue weighted by Gasteiger charge is -2.35. The van der Waals surface area contributed by atoms with Gasteiger partial charge in [0.15, 0.2) is 0 Å². The van der Waals surface area contributed by atoms with Gasteiger partial charge in [-0.1, -0.05) is 115 Å². The molecule has 0 aliphatic carbocycles. The zero-order chi connectivity index (χ0) is 36.1. The first-order valence-corrected chi connectivity index (χ1v) is 18.5. The number of carbonyl (C=O) groups is 1. The number of aliphatic hydroxyl groups excluding tert-OH is 1. The van der Waals surface area contributed by atoms with Crippen LogP contribution in [0, 0.1) is 26.7 Å². The van der Waals surface area contributed by atoms with Gasteiger partial charge in [0.2, 0.25) is 10.0 Å². The SMILES string of the molecule is C=C=CCC[C@@H](C(=O)O[C@H](c1ccccc1)[C@H](C)N(Cc1ccccc1)S(=O)(=O)c1c(C)cc(C)cc1C)[C@H](O)CCOCc1ccccc1. The second-order valence-electron chi connectivity index (χ2n) is 12.8. The van der Waals surface area contributed by atoms with Crippen LogP contribution in [0.3, 0.4) is 0 Å². The van der Waals surface area contributed by atoms with E-state index in [1.807, 2.05) is 110 Å². The molecule has 0 aliphatic rings. The van der Waals surface area contributed by atoms with E-state index in [-0.39, 0.29) is 24.5 Å². The summed E-state index contributed by atoms with van der Waals surface area (Å²) in [6.07, 6.45) is 0.660. The Kier molecular flexibility index (Phi) is 14.3. The minimum atomic E-state index is -4.10. The fourth-order valence-electron chi connectivity index (χ4n) is 6.36. The van der Waals surface area contributed by atoms with Gasteiger partial charge in [-0.25, -0.2) is 8.42 Å². The predicted octanol–water partition coefficient (Wildman–Crippen LogP) is 8.18. The number of aliphatic hydroxyl groups is 1. The number of nitrogens with zero attached hydrogens (tertiary/aromatic N) is 1. The molecule has 0 radical (unpaired) electrons. The van der Waals surface area contributed by atoms with Crippen LogP contribution in [-0.4, -0.2) is 42.6 Å². The molecule has 7 nitrogen and oxygen atoms in total. The van der Waals surface area contributed by atoms with E-state index in [0.717, 1.165) is 16.7 Å². The van der Waals surface area contributed by atoms with Crippen molar-refractivity contribution in [3.63, 3.8) is 0 Å². The molecule has 0 amide bonds. The van der Waals surface area contributed by atoms with Gasteiger partial charge in [-0.15, -0.1) is 5.73 Å². The number of allylic oxidation sites excluding steroid dienone is 1. The molecule has 0 unspecified atom stereocenters. The molecule has 4 atom stereocenters. The number of esters is 1. The molecule has 264 valence electrons. The van der Waals surface area contributed by atoms with Gasteiger partial charge in [0, 0.05) is 13.2 Å². The average molecular weight is 696 g/mol. The van der Waals surface area contributed by atoms with E-state index in [1.54, 1.807) is 26.8 Å². The monoisotopic (exact) mass is 695 g/mol. The van der Waals surface area contributed by atoms with Crippen LogP contribution in [0.2, 0.25) is 0 Å². The van der Waals surface area contributed by atoms with Gasteiger partial charge in [-0.2, -0.15) is 4.31 Å². The molecule has 0 bridgehead atoms. The van der Waals surface area contributed by atoms with E-state index in [2.05, 4.69) is 12.3 Å². The molecule has 4 rings (SSSR count). The lowest BCUT2D eigenvalue weighted by molar-refractivity contribution is -0.162. The van der Waals surface area contributed by atoms with Gasteiger partial charge in [-0.05, 0) is 80.9 Å². The summed E-state index contributed by atoms with van der Waals surface area (Å²) in [5, 5.41) is 11.3. The Labute approximate surface area is 297 Å². The fraction of sp³-hybridized carbons (Fsp3) is 0.333. The quantitative estimate of drug-likeness (QED) is 0.0641. The highest BCUT2D eigenvalue weighted by Crippen LogP contribution is 2.34. The summed E-state index contributed by atoms with van der Waals surface area (Å²) in [4.78, 5) is 14.4. The Morgan fingerprint density at radius 2 is 1.44 bits per heavy atom. The Morgan fingerprint density at radius 1 is 0.880 bits per heavy atom. The lowest BCUT2D eigenvalue weighted by atomic mass is 9.94. The smallest absolute Gasteiger partial charge is 0.312 e. The minimum absolute atomic E-state index is 0.0624. The topological polar surface area (TPSA) is 93.1 Å². The molecule has 50 heavy (non-hydrogen) atoms. The molecule has 0 aliphatic heterocycles. The van der Waals surface area contributed by atoms with E-state index >= 15 is 0 Å². The summed E-state index contributed by atoms with van der Waals surface area (Å²) in [5.74, 6) is -1.50. The molecule has 0 aromatic heterocycles. The maximum Gasteiger partial charge on any atom is 0.312 e. The molecule has 0 fully saturated rings. The molecular formula is C42H49NO6S. The summed E-state index contributed by atoms with van der Waals surface area (Å²) < 4.78 is 43.0. The van der Waals surface area contributed by atoms with Gasteiger partial charge in [0.05, 0.1) is 29.6 Å². The van der Waals surface area contributed by atoms with Crippen LogP contribution in [-0.2, 0) is 37.4 Å². The normalized spacial score (nSPS) is 14.0. The zero-order valence-corrected chi connectivity index (χ0v) is 30.3. The van der Waals surface area contributed by atoms with Crippen LogP contribution >= 0.6 is 0 Å². The highest BCUT2D eigenvalue weighted by molar-refractivity contribution is 7.89. The highest BCUT2D eigenvalue weighted by Gasteiger charge is 2.39. The van der Waals surface area contributed by atoms with E-state index in [1.165, 1.54) is 4.31 Å². The minimum Gasteiger partial charge on any atom is -0.455 e. The van der Waals surface area contributed by atoms with E-state index in [0.29, 0.717) is 36.1 Å². The third-order valence-electron chi connectivity index (χ3n) is 8.82. The molecule has 0 spiro atoms. The molecule has 4 aromatic carbocycles. The fourth-order valence-corrected chi connectivity index (χ4v) is 8.39. The van der Waals surface area contributed by atoms with Gasteiger partial charge in [-0.3, -0.25) is 4.79 Å². The maximum absolute atomic E-state index is 14.7. The second kappa shape index (κ2) is 18.6. The molecule has 0 saturated heterocycles. The predicted molar refractivity (Wildman–Crippen MR) is 198 cm³/mol. The van der Waals surface area contributed by atoms with E-state index in [4.69, 9.17) is 9.47 Å². The van der Waals surface area contributed by atoms with Crippen molar-refractivity contribution in [2.24, 2.45) is 5.92 Å². The Hall–Kier alpha value is -4.30. The number of benzene rings is 4. The first-order chi connectivity index (χ1) is 24.0. The Balaban J connectivity index is 1.67. The van der Waals surface area contributed by atoms with Crippen molar-refractivity contribution in [2.75, 3.05) is 6.61 Å². The molecule has 8 heteroatoms. The zero-order valence-electron chi connectivity index (χ0n) is 29.5.